The van der Waals surface area contributed by atoms with Gasteiger partial charge in [-0.15, -0.1) is 0 Å². The molecule has 0 radical (unpaired) electrons. The van der Waals surface area contributed by atoms with E-state index in [0.717, 1.165) is 22.5 Å². The van der Waals surface area contributed by atoms with Crippen LogP contribution in [0.2, 0.25) is 0 Å². The zero-order valence-corrected chi connectivity index (χ0v) is 10.3. The van der Waals surface area contributed by atoms with E-state index < -0.39 is 32.2 Å². The Morgan fingerprint density at radius 2 is 1.94 bits per heavy atom. The van der Waals surface area contributed by atoms with Crippen LogP contribution in [0.1, 0.15) is 10.4 Å². The molecule has 1 rings (SSSR count). The quantitative estimate of drug-likeness (QED) is 0.632. The number of sulfonamides is 1. The number of hydrogen-bond donors (Lipinski definition) is 1. The summed E-state index contributed by atoms with van der Waals surface area (Å²) in [5.74, 6) is -1.56. The fraction of sp³-hybridized carbons (Fsp3) is 0.222. The molecule has 0 aliphatic carbocycles. The predicted molar refractivity (Wildman–Crippen MR) is 60.9 cm³/mol. The Kier molecular flexibility index (Phi) is 3.67. The number of carboxylic acids is 1. The van der Waals surface area contributed by atoms with Gasteiger partial charge in [0.05, 0.1) is 9.82 Å². The van der Waals surface area contributed by atoms with Crippen molar-refractivity contribution in [2.75, 3.05) is 14.1 Å². The van der Waals surface area contributed by atoms with Gasteiger partial charge in [-0.1, -0.05) is 0 Å². The fourth-order valence-corrected chi connectivity index (χ4v) is 2.15. The van der Waals surface area contributed by atoms with E-state index in [1.54, 1.807) is 0 Å². The SMILES string of the molecule is CN(C)S(=O)(=O)c1ccc([N+](=O)[O-])c(C(=O)O)c1. The number of nitrogens with zero attached hydrogens (tertiary/aromatic N) is 2. The maximum Gasteiger partial charge on any atom is 0.342 e. The Morgan fingerprint density at radius 3 is 2.33 bits per heavy atom. The standard InChI is InChI=1S/C9H10N2O6S/c1-10(2)18(16,17)6-3-4-8(11(14)15)7(5-6)9(12)13/h3-5H,1-2H3,(H,12,13). The van der Waals surface area contributed by atoms with E-state index in [2.05, 4.69) is 0 Å². The summed E-state index contributed by atoms with van der Waals surface area (Å²) in [4.78, 5) is 20.3. The smallest absolute Gasteiger partial charge is 0.342 e. The molecule has 0 unspecified atom stereocenters. The first-order valence-corrected chi connectivity index (χ1v) is 6.06. The minimum absolute atomic E-state index is 0.310. The van der Waals surface area contributed by atoms with Crippen LogP contribution in [0.25, 0.3) is 0 Å². The van der Waals surface area contributed by atoms with Gasteiger partial charge in [0.1, 0.15) is 5.56 Å². The van der Waals surface area contributed by atoms with Crippen LogP contribution in [0.3, 0.4) is 0 Å². The molecule has 0 bridgehead atoms. The van der Waals surface area contributed by atoms with E-state index in [1.807, 2.05) is 0 Å². The average molecular weight is 274 g/mol. The van der Waals surface area contributed by atoms with Crippen LogP contribution in [0.15, 0.2) is 23.1 Å². The van der Waals surface area contributed by atoms with Gasteiger partial charge >= 0.3 is 5.97 Å². The first-order chi connectivity index (χ1) is 8.17. The van der Waals surface area contributed by atoms with Crippen molar-refractivity contribution in [3.63, 3.8) is 0 Å². The highest BCUT2D eigenvalue weighted by atomic mass is 32.2. The van der Waals surface area contributed by atoms with Gasteiger partial charge in [-0.3, -0.25) is 10.1 Å². The van der Waals surface area contributed by atoms with Crippen molar-refractivity contribution in [3.05, 3.63) is 33.9 Å². The first-order valence-electron chi connectivity index (χ1n) is 4.62. The Hall–Kier alpha value is -2.00. The van der Waals surface area contributed by atoms with E-state index in [9.17, 15) is 23.3 Å². The molecule has 0 atom stereocenters. The number of carboxylic acid groups (broad SMARTS) is 1. The normalized spacial score (nSPS) is 11.5. The second kappa shape index (κ2) is 4.70. The van der Waals surface area contributed by atoms with E-state index in [-0.39, 0.29) is 4.90 Å². The summed E-state index contributed by atoms with van der Waals surface area (Å²) in [6.45, 7) is 0. The molecule has 0 aromatic heterocycles. The molecule has 9 heteroatoms. The van der Waals surface area contributed by atoms with Gasteiger partial charge in [0.25, 0.3) is 5.69 Å². The minimum Gasteiger partial charge on any atom is -0.477 e. The number of rotatable bonds is 4. The van der Waals surface area contributed by atoms with E-state index in [0.29, 0.717) is 0 Å². The second-order valence-electron chi connectivity index (χ2n) is 3.53. The monoisotopic (exact) mass is 274 g/mol. The van der Waals surface area contributed by atoms with Crippen LogP contribution >= 0.6 is 0 Å². The molecule has 0 fully saturated rings. The van der Waals surface area contributed by atoms with Gasteiger partial charge in [-0.25, -0.2) is 17.5 Å². The van der Waals surface area contributed by atoms with Gasteiger partial charge in [0.15, 0.2) is 0 Å². The molecule has 1 N–H and O–H groups in total. The summed E-state index contributed by atoms with van der Waals surface area (Å²) in [6, 6.07) is 2.63. The van der Waals surface area contributed by atoms with Crippen molar-refractivity contribution in [1.82, 2.24) is 4.31 Å². The molecule has 0 aliphatic heterocycles. The maximum absolute atomic E-state index is 11.8. The summed E-state index contributed by atoms with van der Waals surface area (Å²) in [6.07, 6.45) is 0. The largest absolute Gasteiger partial charge is 0.477 e. The van der Waals surface area contributed by atoms with Crippen molar-refractivity contribution in [2.45, 2.75) is 4.90 Å². The lowest BCUT2D eigenvalue weighted by molar-refractivity contribution is -0.385. The molecule has 0 spiro atoms. The second-order valence-corrected chi connectivity index (χ2v) is 5.68. The summed E-state index contributed by atoms with van der Waals surface area (Å²) < 4.78 is 24.4. The molecule has 0 saturated heterocycles. The molecule has 18 heavy (non-hydrogen) atoms. The van der Waals surface area contributed by atoms with Crippen molar-refractivity contribution < 1.29 is 23.2 Å². The Morgan fingerprint density at radius 1 is 1.39 bits per heavy atom. The van der Waals surface area contributed by atoms with Gasteiger partial charge < -0.3 is 5.11 Å². The Labute approximate surface area is 103 Å². The van der Waals surface area contributed by atoms with Crippen molar-refractivity contribution in [3.8, 4) is 0 Å². The lowest BCUT2D eigenvalue weighted by Gasteiger charge is -2.11. The van der Waals surface area contributed by atoms with Gasteiger partial charge in [-0.2, -0.15) is 0 Å². The number of benzene rings is 1. The molecular formula is C9H10N2O6S. The third-order valence-corrected chi connectivity index (χ3v) is 3.98. The molecule has 0 amide bonds. The molecule has 98 valence electrons. The van der Waals surface area contributed by atoms with Crippen molar-refractivity contribution >= 4 is 21.7 Å². The predicted octanol–water partition coefficient (Wildman–Crippen LogP) is 0.543. The number of hydrogen-bond acceptors (Lipinski definition) is 5. The summed E-state index contributed by atoms with van der Waals surface area (Å²) in [5, 5.41) is 19.4. The highest BCUT2D eigenvalue weighted by molar-refractivity contribution is 7.89. The summed E-state index contributed by atoms with van der Waals surface area (Å²) in [5.41, 5.74) is -1.32. The molecule has 0 saturated carbocycles. The molecular weight excluding hydrogens is 264 g/mol. The van der Waals surface area contributed by atoms with Crippen LogP contribution in [-0.2, 0) is 10.0 Å². The molecule has 0 aliphatic rings. The molecule has 1 aromatic rings. The zero-order valence-electron chi connectivity index (χ0n) is 9.52. The van der Waals surface area contributed by atoms with Crippen LogP contribution in [0.4, 0.5) is 5.69 Å². The lowest BCUT2D eigenvalue weighted by atomic mass is 10.2. The van der Waals surface area contributed by atoms with Gasteiger partial charge in [0.2, 0.25) is 10.0 Å². The average Bonchev–Trinajstić information content (AvgIpc) is 2.27. The topological polar surface area (TPSA) is 118 Å². The van der Waals surface area contributed by atoms with E-state index in [4.69, 9.17) is 5.11 Å². The third-order valence-electron chi connectivity index (χ3n) is 2.17. The highest BCUT2D eigenvalue weighted by Gasteiger charge is 2.25. The number of nitro benzene ring substituents is 1. The van der Waals surface area contributed by atoms with Crippen LogP contribution in [0, 0.1) is 10.1 Å². The Bertz CT molecular complexity index is 607. The van der Waals surface area contributed by atoms with Gasteiger partial charge in [0, 0.05) is 20.2 Å². The molecule has 1 aromatic carbocycles. The lowest BCUT2D eigenvalue weighted by Crippen LogP contribution is -2.22. The minimum atomic E-state index is -3.83. The number of nitro groups is 1. The number of aromatic carboxylic acids is 1. The Balaban J connectivity index is 3.51. The highest BCUT2D eigenvalue weighted by Crippen LogP contribution is 2.23. The first kappa shape index (κ1) is 14.1. The van der Waals surface area contributed by atoms with E-state index >= 15 is 0 Å². The van der Waals surface area contributed by atoms with Crippen molar-refractivity contribution in [2.24, 2.45) is 0 Å². The van der Waals surface area contributed by atoms with E-state index in [1.165, 1.54) is 14.1 Å². The van der Waals surface area contributed by atoms with Gasteiger partial charge in [-0.05, 0) is 12.1 Å². The van der Waals surface area contributed by atoms with Crippen LogP contribution < -0.4 is 0 Å². The van der Waals surface area contributed by atoms with Crippen LogP contribution in [-0.4, -0.2) is 42.8 Å². The third kappa shape index (κ3) is 2.46. The zero-order chi connectivity index (χ0) is 14.1. The summed E-state index contributed by atoms with van der Waals surface area (Å²) >= 11 is 0. The molecule has 8 nitrogen and oxygen atoms in total. The van der Waals surface area contributed by atoms with Crippen LogP contribution in [0.5, 0.6) is 0 Å². The van der Waals surface area contributed by atoms with Crippen molar-refractivity contribution in [1.29, 1.82) is 0 Å². The maximum atomic E-state index is 11.8. The summed E-state index contributed by atoms with van der Waals surface area (Å²) in [7, 11) is -1.28. The number of carbonyl (C=O) groups is 1. The fourth-order valence-electron chi connectivity index (χ4n) is 1.22. The molecule has 0 heterocycles.